The van der Waals surface area contributed by atoms with Gasteiger partial charge in [0.25, 0.3) is 0 Å². The highest BCUT2D eigenvalue weighted by Gasteiger charge is 2.28. The predicted molar refractivity (Wildman–Crippen MR) is 58.4 cm³/mol. The van der Waals surface area contributed by atoms with E-state index in [1.54, 1.807) is 4.90 Å². The molecule has 0 aromatic rings. The van der Waals surface area contributed by atoms with Gasteiger partial charge >= 0.3 is 6.09 Å². The summed E-state index contributed by atoms with van der Waals surface area (Å²) in [5, 5.41) is 3.14. The second kappa shape index (κ2) is 4.54. The van der Waals surface area contributed by atoms with Crippen LogP contribution < -0.4 is 5.32 Å². The Kier molecular flexibility index (Phi) is 3.59. The van der Waals surface area contributed by atoms with E-state index in [9.17, 15) is 4.79 Å². The standard InChI is InChI=1S/C11H18N2O2/c1-5-9-8-12-6-7-13(9)10(14)15-11(2,3)4/h1,9,12H,6-8H2,2-4H3. The van der Waals surface area contributed by atoms with Gasteiger partial charge in [0.15, 0.2) is 0 Å². The second-order valence-corrected chi connectivity index (χ2v) is 4.56. The summed E-state index contributed by atoms with van der Waals surface area (Å²) in [7, 11) is 0. The zero-order valence-electron chi connectivity index (χ0n) is 9.54. The fourth-order valence-electron chi connectivity index (χ4n) is 1.39. The Morgan fingerprint density at radius 3 is 2.80 bits per heavy atom. The van der Waals surface area contributed by atoms with E-state index in [2.05, 4.69) is 11.2 Å². The lowest BCUT2D eigenvalue weighted by Crippen LogP contribution is -2.54. The van der Waals surface area contributed by atoms with Gasteiger partial charge in [-0.05, 0) is 20.8 Å². The van der Waals surface area contributed by atoms with E-state index in [0.29, 0.717) is 13.1 Å². The molecule has 1 amide bonds. The molecule has 1 saturated heterocycles. The molecule has 1 heterocycles. The lowest BCUT2D eigenvalue weighted by Gasteiger charge is -2.34. The van der Waals surface area contributed by atoms with Gasteiger partial charge in [-0.15, -0.1) is 6.42 Å². The molecule has 84 valence electrons. The van der Waals surface area contributed by atoms with E-state index in [1.165, 1.54) is 0 Å². The Hall–Kier alpha value is -1.21. The Bertz CT molecular complexity index is 275. The average Bonchev–Trinajstić information content (AvgIpc) is 2.15. The number of piperazine rings is 1. The maximum atomic E-state index is 11.8. The van der Waals surface area contributed by atoms with Crippen molar-refractivity contribution in [3.63, 3.8) is 0 Å². The van der Waals surface area contributed by atoms with Crippen molar-refractivity contribution >= 4 is 6.09 Å². The molecule has 1 fully saturated rings. The first-order valence-corrected chi connectivity index (χ1v) is 5.10. The van der Waals surface area contributed by atoms with E-state index in [-0.39, 0.29) is 12.1 Å². The van der Waals surface area contributed by atoms with Crippen molar-refractivity contribution in [1.29, 1.82) is 0 Å². The summed E-state index contributed by atoms with van der Waals surface area (Å²) in [6, 6.07) is -0.200. The van der Waals surface area contributed by atoms with Crippen LogP contribution >= 0.6 is 0 Å². The van der Waals surface area contributed by atoms with Crippen molar-refractivity contribution in [2.45, 2.75) is 32.4 Å². The van der Waals surface area contributed by atoms with E-state index >= 15 is 0 Å². The number of hydrogen-bond donors (Lipinski definition) is 1. The van der Waals surface area contributed by atoms with Crippen LogP contribution in [0.15, 0.2) is 0 Å². The topological polar surface area (TPSA) is 41.6 Å². The number of nitrogens with one attached hydrogen (secondary N) is 1. The number of hydrogen-bond acceptors (Lipinski definition) is 3. The third kappa shape index (κ3) is 3.45. The SMILES string of the molecule is C#CC1CNCCN1C(=O)OC(C)(C)C. The van der Waals surface area contributed by atoms with Crippen LogP contribution in [0.3, 0.4) is 0 Å². The minimum Gasteiger partial charge on any atom is -0.444 e. The fraction of sp³-hybridized carbons (Fsp3) is 0.727. The highest BCUT2D eigenvalue weighted by molar-refractivity contribution is 5.69. The fourth-order valence-corrected chi connectivity index (χ4v) is 1.39. The lowest BCUT2D eigenvalue weighted by molar-refractivity contribution is 0.0176. The smallest absolute Gasteiger partial charge is 0.411 e. The van der Waals surface area contributed by atoms with Gasteiger partial charge in [-0.25, -0.2) is 4.79 Å². The summed E-state index contributed by atoms with van der Waals surface area (Å²) in [5.41, 5.74) is -0.471. The minimum atomic E-state index is -0.471. The highest BCUT2D eigenvalue weighted by atomic mass is 16.6. The van der Waals surface area contributed by atoms with Gasteiger partial charge in [0.2, 0.25) is 0 Å². The third-order valence-corrected chi connectivity index (χ3v) is 2.06. The van der Waals surface area contributed by atoms with Crippen molar-refractivity contribution in [1.82, 2.24) is 10.2 Å². The molecule has 0 aromatic heterocycles. The van der Waals surface area contributed by atoms with Crippen LogP contribution in [0, 0.1) is 12.3 Å². The molecule has 1 aliphatic rings. The molecular weight excluding hydrogens is 192 g/mol. The summed E-state index contributed by atoms with van der Waals surface area (Å²) < 4.78 is 5.27. The molecule has 0 aromatic carbocycles. The van der Waals surface area contributed by atoms with Gasteiger partial charge in [0.1, 0.15) is 11.6 Å². The largest absolute Gasteiger partial charge is 0.444 e. The van der Waals surface area contributed by atoms with Gasteiger partial charge in [0, 0.05) is 19.6 Å². The molecule has 4 heteroatoms. The average molecular weight is 210 g/mol. The number of terminal acetylenes is 1. The maximum Gasteiger partial charge on any atom is 0.411 e. The number of carbonyl (C=O) groups is 1. The normalized spacial score (nSPS) is 22.0. The number of nitrogens with zero attached hydrogens (tertiary/aromatic N) is 1. The zero-order chi connectivity index (χ0) is 11.5. The van der Waals surface area contributed by atoms with Crippen LogP contribution in [0.4, 0.5) is 4.79 Å². The van der Waals surface area contributed by atoms with E-state index in [4.69, 9.17) is 11.2 Å². The van der Waals surface area contributed by atoms with E-state index < -0.39 is 5.60 Å². The molecule has 1 unspecified atom stereocenters. The molecule has 1 rings (SSSR count). The molecule has 0 radical (unpaired) electrons. The zero-order valence-corrected chi connectivity index (χ0v) is 9.54. The van der Waals surface area contributed by atoms with Crippen molar-refractivity contribution < 1.29 is 9.53 Å². The van der Waals surface area contributed by atoms with Crippen LogP contribution in [-0.2, 0) is 4.74 Å². The van der Waals surface area contributed by atoms with Gasteiger partial charge in [0.05, 0.1) is 0 Å². The first kappa shape index (κ1) is 11.9. The van der Waals surface area contributed by atoms with Crippen LogP contribution in [-0.4, -0.2) is 42.3 Å². The highest BCUT2D eigenvalue weighted by Crippen LogP contribution is 2.12. The van der Waals surface area contributed by atoms with Gasteiger partial charge in [-0.3, -0.25) is 4.90 Å². The Balaban J connectivity index is 2.61. The molecule has 1 atom stereocenters. The molecule has 4 nitrogen and oxygen atoms in total. The summed E-state index contributed by atoms with van der Waals surface area (Å²) in [6.45, 7) is 7.53. The van der Waals surface area contributed by atoms with Crippen LogP contribution in [0.2, 0.25) is 0 Å². The molecule has 15 heavy (non-hydrogen) atoms. The molecule has 0 spiro atoms. The van der Waals surface area contributed by atoms with Crippen molar-refractivity contribution in [2.24, 2.45) is 0 Å². The Labute approximate surface area is 91.0 Å². The quantitative estimate of drug-likeness (QED) is 0.602. The third-order valence-electron chi connectivity index (χ3n) is 2.06. The predicted octanol–water partition coefficient (Wildman–Crippen LogP) is 0.828. The maximum absolute atomic E-state index is 11.8. The van der Waals surface area contributed by atoms with E-state index in [0.717, 1.165) is 6.54 Å². The van der Waals surface area contributed by atoms with Gasteiger partial charge in [-0.1, -0.05) is 5.92 Å². The number of rotatable bonds is 0. The van der Waals surface area contributed by atoms with Crippen LogP contribution in [0.1, 0.15) is 20.8 Å². The van der Waals surface area contributed by atoms with Gasteiger partial charge < -0.3 is 10.1 Å². The van der Waals surface area contributed by atoms with Crippen molar-refractivity contribution in [3.8, 4) is 12.3 Å². The number of ether oxygens (including phenoxy) is 1. The summed E-state index contributed by atoms with van der Waals surface area (Å²) in [6.07, 6.45) is 5.03. The van der Waals surface area contributed by atoms with Gasteiger partial charge in [-0.2, -0.15) is 0 Å². The molecule has 0 aliphatic carbocycles. The summed E-state index contributed by atoms with van der Waals surface area (Å²) in [5.74, 6) is 2.58. The minimum absolute atomic E-state index is 0.200. The van der Waals surface area contributed by atoms with Crippen molar-refractivity contribution in [2.75, 3.05) is 19.6 Å². The summed E-state index contributed by atoms with van der Waals surface area (Å²) >= 11 is 0. The first-order valence-electron chi connectivity index (χ1n) is 5.10. The Morgan fingerprint density at radius 1 is 1.60 bits per heavy atom. The van der Waals surface area contributed by atoms with Crippen LogP contribution in [0.5, 0.6) is 0 Å². The second-order valence-electron chi connectivity index (χ2n) is 4.56. The van der Waals surface area contributed by atoms with E-state index in [1.807, 2.05) is 20.8 Å². The first-order chi connectivity index (χ1) is 6.94. The number of amides is 1. The summed E-state index contributed by atoms with van der Waals surface area (Å²) in [4.78, 5) is 13.4. The molecule has 1 N–H and O–H groups in total. The van der Waals surface area contributed by atoms with Crippen LogP contribution in [0.25, 0.3) is 0 Å². The number of carbonyl (C=O) groups excluding carboxylic acids is 1. The Morgan fingerprint density at radius 2 is 2.27 bits per heavy atom. The lowest BCUT2D eigenvalue weighted by atomic mass is 10.2. The monoisotopic (exact) mass is 210 g/mol. The molecule has 0 saturated carbocycles. The molecule has 0 bridgehead atoms. The molecular formula is C11H18N2O2. The van der Waals surface area contributed by atoms with Crippen molar-refractivity contribution in [3.05, 3.63) is 0 Å². The molecule has 1 aliphatic heterocycles.